The number of hydrogen-bond donors (Lipinski definition) is 1. The van der Waals surface area contributed by atoms with Crippen molar-refractivity contribution < 1.29 is 13.2 Å². The van der Waals surface area contributed by atoms with Gasteiger partial charge in [0.05, 0.1) is 12.8 Å². The molecule has 0 atom stereocenters. The maximum atomic E-state index is 11.8. The van der Waals surface area contributed by atoms with Crippen molar-refractivity contribution in [1.82, 2.24) is 9.62 Å². The molecule has 0 aromatic carbocycles. The molecule has 0 radical (unpaired) electrons. The van der Waals surface area contributed by atoms with Crippen LogP contribution in [0.5, 0.6) is 0 Å². The second kappa shape index (κ2) is 7.78. The molecule has 6 heteroatoms. The van der Waals surface area contributed by atoms with Crippen LogP contribution in [0.1, 0.15) is 46.0 Å². The number of allylic oxidation sites excluding steroid dienone is 1. The van der Waals surface area contributed by atoms with Crippen LogP contribution >= 0.6 is 0 Å². The summed E-state index contributed by atoms with van der Waals surface area (Å²) < 4.78 is 24.8. The summed E-state index contributed by atoms with van der Waals surface area (Å²) in [6, 6.07) is 0.0185. The van der Waals surface area contributed by atoms with Gasteiger partial charge in [-0.3, -0.25) is 4.79 Å². The Morgan fingerprint density at radius 3 is 2.60 bits per heavy atom. The fraction of sp³-hybridized carbons (Fsp3) is 0.786. The smallest absolute Gasteiger partial charge is 0.235 e. The number of carbonyl (C=O) groups is 1. The molecule has 20 heavy (non-hydrogen) atoms. The van der Waals surface area contributed by atoms with Crippen LogP contribution in [0.4, 0.5) is 0 Å². The number of sulfonamides is 1. The van der Waals surface area contributed by atoms with Gasteiger partial charge in [-0.25, -0.2) is 8.42 Å². The summed E-state index contributed by atoms with van der Waals surface area (Å²) in [7, 11) is -3.35. The van der Waals surface area contributed by atoms with Gasteiger partial charge in [-0.05, 0) is 46.0 Å². The van der Waals surface area contributed by atoms with Gasteiger partial charge in [-0.1, -0.05) is 11.6 Å². The van der Waals surface area contributed by atoms with Gasteiger partial charge in [0.2, 0.25) is 15.9 Å². The van der Waals surface area contributed by atoms with Crippen LogP contribution in [0, 0.1) is 0 Å². The highest BCUT2D eigenvalue weighted by atomic mass is 32.2. The summed E-state index contributed by atoms with van der Waals surface area (Å²) in [6.45, 7) is 4.01. The third kappa shape index (κ3) is 6.52. The first-order valence-corrected chi connectivity index (χ1v) is 9.06. The minimum atomic E-state index is -3.35. The molecule has 1 amide bonds. The van der Waals surface area contributed by atoms with E-state index < -0.39 is 10.0 Å². The maximum Gasteiger partial charge on any atom is 0.235 e. The number of nitrogens with one attached hydrogen (secondary N) is 1. The molecule has 0 aliphatic heterocycles. The Morgan fingerprint density at radius 1 is 1.40 bits per heavy atom. The van der Waals surface area contributed by atoms with Crippen LogP contribution in [-0.2, 0) is 14.8 Å². The Hall–Kier alpha value is -0.880. The second-order valence-corrected chi connectivity index (χ2v) is 7.66. The highest BCUT2D eigenvalue weighted by Crippen LogP contribution is 2.20. The van der Waals surface area contributed by atoms with E-state index >= 15 is 0 Å². The lowest BCUT2D eigenvalue weighted by molar-refractivity contribution is -0.121. The van der Waals surface area contributed by atoms with Crippen molar-refractivity contribution in [3.8, 4) is 0 Å². The van der Waals surface area contributed by atoms with Crippen molar-refractivity contribution in [1.29, 1.82) is 0 Å². The molecule has 1 aliphatic rings. The second-order valence-electron chi connectivity index (χ2n) is 5.68. The third-order valence-electron chi connectivity index (χ3n) is 3.31. The molecule has 5 nitrogen and oxygen atoms in total. The molecule has 0 aromatic heterocycles. The van der Waals surface area contributed by atoms with E-state index in [1.165, 1.54) is 22.7 Å². The Morgan fingerprint density at radius 2 is 2.10 bits per heavy atom. The summed E-state index contributed by atoms with van der Waals surface area (Å²) in [6.07, 6.45) is 8.62. The van der Waals surface area contributed by atoms with Crippen LogP contribution < -0.4 is 5.32 Å². The molecule has 0 fully saturated rings. The van der Waals surface area contributed by atoms with Crippen molar-refractivity contribution in [2.45, 2.75) is 52.0 Å². The molecular weight excluding hydrogens is 276 g/mol. The van der Waals surface area contributed by atoms with E-state index in [4.69, 9.17) is 0 Å². The van der Waals surface area contributed by atoms with Gasteiger partial charge < -0.3 is 5.32 Å². The van der Waals surface area contributed by atoms with Crippen molar-refractivity contribution in [2.75, 3.05) is 19.3 Å². The van der Waals surface area contributed by atoms with Gasteiger partial charge in [0, 0.05) is 12.6 Å². The monoisotopic (exact) mass is 302 g/mol. The number of nitrogens with zero attached hydrogens (tertiary/aromatic N) is 1. The van der Waals surface area contributed by atoms with Crippen molar-refractivity contribution in [3.05, 3.63) is 11.6 Å². The van der Waals surface area contributed by atoms with Gasteiger partial charge in [-0.2, -0.15) is 4.31 Å². The fourth-order valence-corrected chi connectivity index (χ4v) is 3.06. The standard InChI is InChI=1S/C14H26N2O3S/c1-12(2)15-14(17)11-16(20(3,18)19)10-9-13-7-5-4-6-8-13/h7,12H,4-6,8-11H2,1-3H3,(H,15,17). The molecule has 1 aliphatic carbocycles. The largest absolute Gasteiger partial charge is 0.353 e. The Bertz CT molecular complexity index is 455. The fourth-order valence-electron chi connectivity index (χ4n) is 2.29. The van der Waals surface area contributed by atoms with Crippen LogP contribution in [-0.4, -0.2) is 44.0 Å². The average Bonchev–Trinajstić information content (AvgIpc) is 2.33. The maximum absolute atomic E-state index is 11.8. The first-order chi connectivity index (χ1) is 9.29. The van der Waals surface area contributed by atoms with Gasteiger partial charge in [-0.15, -0.1) is 0 Å². The summed E-state index contributed by atoms with van der Waals surface area (Å²) in [5.41, 5.74) is 1.31. The van der Waals surface area contributed by atoms with Crippen LogP contribution in [0.3, 0.4) is 0 Å². The van der Waals surface area contributed by atoms with Gasteiger partial charge >= 0.3 is 0 Å². The zero-order chi connectivity index (χ0) is 15.2. The first-order valence-electron chi connectivity index (χ1n) is 7.21. The highest BCUT2D eigenvalue weighted by molar-refractivity contribution is 7.88. The molecule has 0 spiro atoms. The number of rotatable bonds is 7. The molecule has 0 saturated carbocycles. The lowest BCUT2D eigenvalue weighted by atomic mass is 9.97. The minimum Gasteiger partial charge on any atom is -0.353 e. The molecule has 0 bridgehead atoms. The first kappa shape index (κ1) is 17.2. The molecule has 0 aromatic rings. The predicted octanol–water partition coefficient (Wildman–Crippen LogP) is 1.66. The summed E-state index contributed by atoms with van der Waals surface area (Å²) in [4.78, 5) is 11.7. The lowest BCUT2D eigenvalue weighted by Gasteiger charge is -2.21. The Balaban J connectivity index is 2.56. The zero-order valence-corrected chi connectivity index (χ0v) is 13.5. The average molecular weight is 302 g/mol. The van der Waals surface area contributed by atoms with Crippen LogP contribution in [0.2, 0.25) is 0 Å². The molecular formula is C14H26N2O3S. The predicted molar refractivity (Wildman–Crippen MR) is 80.9 cm³/mol. The summed E-state index contributed by atoms with van der Waals surface area (Å²) in [5.74, 6) is -0.247. The summed E-state index contributed by atoms with van der Waals surface area (Å²) in [5, 5.41) is 2.72. The number of amides is 1. The van der Waals surface area contributed by atoms with Gasteiger partial charge in [0.1, 0.15) is 0 Å². The zero-order valence-electron chi connectivity index (χ0n) is 12.7. The number of carbonyl (C=O) groups excluding carboxylic acids is 1. The Kier molecular flexibility index (Phi) is 6.68. The molecule has 0 unspecified atom stereocenters. The quantitative estimate of drug-likeness (QED) is 0.727. The normalized spacial score (nSPS) is 16.4. The van der Waals surface area contributed by atoms with E-state index in [1.807, 2.05) is 13.8 Å². The van der Waals surface area contributed by atoms with E-state index in [2.05, 4.69) is 11.4 Å². The minimum absolute atomic E-state index is 0.0185. The molecule has 0 heterocycles. The van der Waals surface area contributed by atoms with E-state index in [9.17, 15) is 13.2 Å². The van der Waals surface area contributed by atoms with Crippen LogP contribution in [0.15, 0.2) is 11.6 Å². The molecule has 1 rings (SSSR count). The number of hydrogen-bond acceptors (Lipinski definition) is 3. The summed E-state index contributed by atoms with van der Waals surface area (Å²) >= 11 is 0. The third-order valence-corrected chi connectivity index (χ3v) is 4.56. The van der Waals surface area contributed by atoms with Crippen molar-refractivity contribution in [2.24, 2.45) is 0 Å². The molecule has 116 valence electrons. The topological polar surface area (TPSA) is 66.5 Å². The van der Waals surface area contributed by atoms with Crippen LogP contribution in [0.25, 0.3) is 0 Å². The van der Waals surface area contributed by atoms with Crippen molar-refractivity contribution in [3.63, 3.8) is 0 Å². The lowest BCUT2D eigenvalue weighted by Crippen LogP contribution is -2.42. The molecule has 1 N–H and O–H groups in total. The van der Waals surface area contributed by atoms with E-state index in [-0.39, 0.29) is 18.5 Å². The Labute approximate surface area is 122 Å². The highest BCUT2D eigenvalue weighted by Gasteiger charge is 2.20. The SMILES string of the molecule is CC(C)NC(=O)CN(CCC1=CCCCC1)S(C)(=O)=O. The van der Waals surface area contributed by atoms with E-state index in [0.717, 1.165) is 25.5 Å². The van der Waals surface area contributed by atoms with E-state index in [0.29, 0.717) is 6.54 Å². The van der Waals surface area contributed by atoms with Gasteiger partial charge in [0.25, 0.3) is 0 Å². The van der Waals surface area contributed by atoms with Gasteiger partial charge in [0.15, 0.2) is 0 Å². The van der Waals surface area contributed by atoms with Crippen molar-refractivity contribution >= 4 is 15.9 Å². The van der Waals surface area contributed by atoms with E-state index in [1.54, 1.807) is 0 Å². The molecule has 0 saturated heterocycles.